The van der Waals surface area contributed by atoms with Crippen molar-refractivity contribution in [2.45, 2.75) is 50.3 Å². The molecule has 1 N–H and O–H groups in total. The Hall–Kier alpha value is -0.590. The molecule has 0 aromatic carbocycles. The van der Waals surface area contributed by atoms with Gasteiger partial charge >= 0.3 is 0 Å². The van der Waals surface area contributed by atoms with E-state index in [1.807, 2.05) is 11.8 Å². The SMILES string of the molecule is c1c(CNCC2CC2)nnn1C1CCOC2(CCSC2)C1. The zero-order chi connectivity index (χ0) is 14.1. The first-order valence-corrected chi connectivity index (χ1v) is 9.32. The van der Waals surface area contributed by atoms with Crippen molar-refractivity contribution in [1.82, 2.24) is 20.3 Å². The van der Waals surface area contributed by atoms with Crippen molar-refractivity contribution in [2.24, 2.45) is 5.92 Å². The predicted octanol–water partition coefficient (Wildman–Crippen LogP) is 2.00. The van der Waals surface area contributed by atoms with Crippen molar-refractivity contribution in [3.8, 4) is 0 Å². The summed E-state index contributed by atoms with van der Waals surface area (Å²) in [5.41, 5.74) is 1.18. The van der Waals surface area contributed by atoms with Crippen LogP contribution in [0.25, 0.3) is 0 Å². The van der Waals surface area contributed by atoms with Crippen LogP contribution in [0.1, 0.15) is 43.8 Å². The van der Waals surface area contributed by atoms with Crippen LogP contribution >= 0.6 is 11.8 Å². The summed E-state index contributed by atoms with van der Waals surface area (Å²) in [6.07, 6.45) is 8.26. The molecule has 2 aliphatic heterocycles. The highest BCUT2D eigenvalue weighted by Crippen LogP contribution is 2.41. The number of aromatic nitrogens is 3. The Kier molecular flexibility index (Phi) is 3.94. The van der Waals surface area contributed by atoms with Crippen LogP contribution in [0.3, 0.4) is 0 Å². The number of ether oxygens (including phenoxy) is 1. The minimum absolute atomic E-state index is 0.115. The van der Waals surface area contributed by atoms with E-state index in [1.165, 1.54) is 25.0 Å². The molecule has 2 saturated heterocycles. The van der Waals surface area contributed by atoms with Crippen LogP contribution in [0.2, 0.25) is 0 Å². The van der Waals surface area contributed by atoms with Gasteiger partial charge in [0.15, 0.2) is 0 Å². The summed E-state index contributed by atoms with van der Waals surface area (Å²) >= 11 is 2.02. The maximum absolute atomic E-state index is 6.09. The van der Waals surface area contributed by atoms with Crippen molar-refractivity contribution >= 4 is 11.8 Å². The molecule has 3 fully saturated rings. The molecule has 1 aromatic heterocycles. The van der Waals surface area contributed by atoms with Gasteiger partial charge in [-0.2, -0.15) is 11.8 Å². The van der Waals surface area contributed by atoms with Crippen molar-refractivity contribution in [2.75, 3.05) is 24.7 Å². The molecule has 3 aliphatic rings. The van der Waals surface area contributed by atoms with Crippen molar-refractivity contribution in [3.63, 3.8) is 0 Å². The van der Waals surface area contributed by atoms with E-state index < -0.39 is 0 Å². The van der Waals surface area contributed by atoms with E-state index in [0.717, 1.165) is 49.9 Å². The highest BCUT2D eigenvalue weighted by molar-refractivity contribution is 7.99. The Morgan fingerprint density at radius 2 is 2.38 bits per heavy atom. The summed E-state index contributed by atoms with van der Waals surface area (Å²) in [5.74, 6) is 3.30. The van der Waals surface area contributed by atoms with E-state index in [0.29, 0.717) is 6.04 Å². The maximum Gasteiger partial charge on any atom is 0.0964 e. The molecule has 0 radical (unpaired) electrons. The minimum atomic E-state index is 0.115. The van der Waals surface area contributed by atoms with E-state index in [-0.39, 0.29) is 5.60 Å². The molecule has 4 rings (SSSR count). The van der Waals surface area contributed by atoms with Gasteiger partial charge in [-0.1, -0.05) is 5.21 Å². The van der Waals surface area contributed by atoms with Crippen molar-refractivity contribution < 1.29 is 4.74 Å². The minimum Gasteiger partial charge on any atom is -0.374 e. The van der Waals surface area contributed by atoms with Gasteiger partial charge in [-0.05, 0) is 50.3 Å². The van der Waals surface area contributed by atoms with Crippen LogP contribution < -0.4 is 5.32 Å². The van der Waals surface area contributed by atoms with Gasteiger partial charge in [0.05, 0.1) is 23.5 Å². The second-order valence-corrected chi connectivity index (χ2v) is 7.85. The van der Waals surface area contributed by atoms with Crippen LogP contribution in [0, 0.1) is 5.92 Å². The summed E-state index contributed by atoms with van der Waals surface area (Å²) in [7, 11) is 0. The summed E-state index contributed by atoms with van der Waals surface area (Å²) in [6.45, 7) is 2.84. The number of hydrogen-bond acceptors (Lipinski definition) is 5. The highest BCUT2D eigenvalue weighted by atomic mass is 32.2. The topological polar surface area (TPSA) is 52.0 Å². The lowest BCUT2D eigenvalue weighted by atomic mass is 9.90. The molecule has 1 saturated carbocycles. The molecular formula is C15H24N4OS. The fourth-order valence-electron chi connectivity index (χ4n) is 3.39. The van der Waals surface area contributed by atoms with Gasteiger partial charge in [0.25, 0.3) is 0 Å². The van der Waals surface area contributed by atoms with Crippen molar-refractivity contribution in [3.05, 3.63) is 11.9 Å². The lowest BCUT2D eigenvalue weighted by Crippen LogP contribution is -2.40. The van der Waals surface area contributed by atoms with Crippen LogP contribution in [-0.2, 0) is 11.3 Å². The van der Waals surface area contributed by atoms with E-state index in [4.69, 9.17) is 4.74 Å². The predicted molar refractivity (Wildman–Crippen MR) is 83.3 cm³/mol. The van der Waals surface area contributed by atoms with E-state index >= 15 is 0 Å². The molecule has 1 aromatic rings. The number of thioether (sulfide) groups is 1. The number of nitrogens with one attached hydrogen (secondary N) is 1. The third-order valence-corrected chi connectivity index (χ3v) is 6.13. The third-order valence-electron chi connectivity index (χ3n) is 4.90. The van der Waals surface area contributed by atoms with Gasteiger partial charge in [0.2, 0.25) is 0 Å². The second kappa shape index (κ2) is 5.89. The molecule has 0 amide bonds. The van der Waals surface area contributed by atoms with Crippen LogP contribution in [0.15, 0.2) is 6.20 Å². The van der Waals surface area contributed by atoms with E-state index in [2.05, 4.69) is 26.5 Å². The maximum atomic E-state index is 6.09. The second-order valence-electron chi connectivity index (χ2n) is 6.74. The van der Waals surface area contributed by atoms with Gasteiger partial charge in [-0.15, -0.1) is 5.10 Å². The quantitative estimate of drug-likeness (QED) is 0.902. The molecule has 1 spiro atoms. The van der Waals surface area contributed by atoms with Gasteiger partial charge in [0.1, 0.15) is 0 Å². The Morgan fingerprint density at radius 3 is 3.19 bits per heavy atom. The largest absolute Gasteiger partial charge is 0.374 e. The van der Waals surface area contributed by atoms with E-state index in [1.54, 1.807) is 0 Å². The molecule has 21 heavy (non-hydrogen) atoms. The first-order chi connectivity index (χ1) is 10.3. The number of nitrogens with zero attached hydrogens (tertiary/aromatic N) is 3. The molecular weight excluding hydrogens is 284 g/mol. The van der Waals surface area contributed by atoms with Crippen LogP contribution in [0.4, 0.5) is 0 Å². The Bertz CT molecular complexity index is 482. The van der Waals surface area contributed by atoms with Gasteiger partial charge in [-0.25, -0.2) is 4.68 Å². The molecule has 2 unspecified atom stereocenters. The van der Waals surface area contributed by atoms with Crippen LogP contribution in [-0.4, -0.2) is 45.3 Å². The molecule has 0 bridgehead atoms. The third kappa shape index (κ3) is 3.27. The fourth-order valence-corrected chi connectivity index (χ4v) is 4.77. The summed E-state index contributed by atoms with van der Waals surface area (Å²) in [6, 6.07) is 0.460. The first-order valence-electron chi connectivity index (χ1n) is 8.16. The van der Waals surface area contributed by atoms with Gasteiger partial charge in [0, 0.05) is 18.9 Å². The van der Waals surface area contributed by atoms with Crippen molar-refractivity contribution in [1.29, 1.82) is 0 Å². The monoisotopic (exact) mass is 308 g/mol. The zero-order valence-corrected chi connectivity index (χ0v) is 13.3. The smallest absolute Gasteiger partial charge is 0.0964 e. The average Bonchev–Trinajstić information content (AvgIpc) is 3.02. The van der Waals surface area contributed by atoms with Gasteiger partial charge in [-0.3, -0.25) is 0 Å². The molecule has 6 heteroatoms. The molecule has 1 aliphatic carbocycles. The fraction of sp³-hybridized carbons (Fsp3) is 0.867. The molecule has 5 nitrogen and oxygen atoms in total. The normalized spacial score (nSPS) is 32.9. The summed E-state index contributed by atoms with van der Waals surface area (Å²) in [4.78, 5) is 0. The number of rotatable bonds is 5. The zero-order valence-electron chi connectivity index (χ0n) is 12.5. The first kappa shape index (κ1) is 14.0. The molecule has 3 heterocycles. The number of hydrogen-bond donors (Lipinski definition) is 1. The lowest BCUT2D eigenvalue weighted by molar-refractivity contribution is -0.0780. The molecule has 2 atom stereocenters. The standard InChI is InChI=1S/C15H24N4OS/c1-2-12(1)8-16-9-13-10-19(18-17-13)14-3-5-20-15(7-14)4-6-21-11-15/h10,12,14,16H,1-9,11H2. The molecule has 116 valence electrons. The van der Waals surface area contributed by atoms with Gasteiger partial charge < -0.3 is 10.1 Å². The van der Waals surface area contributed by atoms with E-state index in [9.17, 15) is 0 Å². The Balaban J connectivity index is 1.35. The van der Waals surface area contributed by atoms with Crippen LogP contribution in [0.5, 0.6) is 0 Å². The highest BCUT2D eigenvalue weighted by Gasteiger charge is 2.41. The average molecular weight is 308 g/mol. The lowest BCUT2D eigenvalue weighted by Gasteiger charge is -2.37. The summed E-state index contributed by atoms with van der Waals surface area (Å²) < 4.78 is 8.17. The Labute approximate surface area is 130 Å². The Morgan fingerprint density at radius 1 is 1.43 bits per heavy atom. The summed E-state index contributed by atoms with van der Waals surface area (Å²) in [5, 5.41) is 12.2.